The van der Waals surface area contributed by atoms with E-state index >= 15 is 0 Å². The molecule has 0 radical (unpaired) electrons. The highest BCUT2D eigenvalue weighted by Gasteiger charge is 2.53. The van der Waals surface area contributed by atoms with E-state index in [9.17, 15) is 23.2 Å². The van der Waals surface area contributed by atoms with Gasteiger partial charge in [0.1, 0.15) is 5.82 Å². The predicted octanol–water partition coefficient (Wildman–Crippen LogP) is 7.71. The minimum Gasteiger partial charge on any atom is -0.395 e. The first-order valence-electron chi connectivity index (χ1n) is 18.7. The van der Waals surface area contributed by atoms with Crippen molar-refractivity contribution < 1.29 is 37.4 Å². The minimum atomic E-state index is -3.73. The fourth-order valence-electron chi connectivity index (χ4n) is 7.17. The van der Waals surface area contributed by atoms with Gasteiger partial charge in [-0.25, -0.2) is 4.98 Å². The van der Waals surface area contributed by atoms with Crippen LogP contribution < -0.4 is 25.4 Å². The summed E-state index contributed by atoms with van der Waals surface area (Å²) in [5, 5.41) is 8.75. The van der Waals surface area contributed by atoms with Crippen molar-refractivity contribution in [3.05, 3.63) is 119 Å². The Morgan fingerprint density at radius 1 is 0.909 bits per heavy atom. The van der Waals surface area contributed by atoms with Crippen molar-refractivity contribution >= 4 is 23.5 Å². The van der Waals surface area contributed by atoms with Crippen LogP contribution in [0.3, 0.4) is 0 Å². The molecule has 3 aliphatic rings. The summed E-state index contributed by atoms with van der Waals surface area (Å²) in [5.41, 5.74) is 4.85. The summed E-state index contributed by atoms with van der Waals surface area (Å²) < 4.78 is 42.4. The zero-order valence-electron chi connectivity index (χ0n) is 30.7. The Bertz CT molecular complexity index is 2080. The van der Waals surface area contributed by atoms with Crippen LogP contribution in [0.5, 0.6) is 11.5 Å². The summed E-state index contributed by atoms with van der Waals surface area (Å²) in [7, 11) is 0. The number of amides is 3. The van der Waals surface area contributed by atoms with Gasteiger partial charge in [-0.05, 0) is 111 Å². The van der Waals surface area contributed by atoms with Gasteiger partial charge < -0.3 is 30.2 Å². The molecule has 10 nitrogen and oxygen atoms in total. The van der Waals surface area contributed by atoms with Crippen LogP contribution in [0.2, 0.25) is 0 Å². The fraction of sp³-hybridized carbons (Fsp3) is 0.349. The topological polar surface area (TPSA) is 128 Å². The second kappa shape index (κ2) is 16.0. The van der Waals surface area contributed by atoms with E-state index in [0.717, 1.165) is 55.2 Å². The molecule has 1 saturated carbocycles. The van der Waals surface area contributed by atoms with Crippen LogP contribution in [-0.4, -0.2) is 48.2 Å². The predicted molar refractivity (Wildman–Crippen MR) is 203 cm³/mol. The Morgan fingerprint density at radius 3 is 2.49 bits per heavy atom. The first-order chi connectivity index (χ1) is 26.5. The summed E-state index contributed by atoms with van der Waals surface area (Å²) in [4.78, 5) is 42.8. The quantitative estimate of drug-likeness (QED) is 0.0839. The summed E-state index contributed by atoms with van der Waals surface area (Å²) in [6.07, 6.45) is 4.31. The molecule has 3 aromatic carbocycles. The summed E-state index contributed by atoms with van der Waals surface area (Å²) in [6, 6.07) is 23.8. The van der Waals surface area contributed by atoms with Gasteiger partial charge in [0.15, 0.2) is 11.5 Å². The van der Waals surface area contributed by atoms with Gasteiger partial charge in [0.05, 0.1) is 23.3 Å². The molecule has 3 amide bonds. The lowest BCUT2D eigenvalue weighted by Gasteiger charge is -2.17. The number of benzene rings is 3. The number of ether oxygens (including phenoxy) is 3. The van der Waals surface area contributed by atoms with Gasteiger partial charge >= 0.3 is 6.29 Å². The Labute approximate surface area is 318 Å². The van der Waals surface area contributed by atoms with Gasteiger partial charge in [-0.3, -0.25) is 14.4 Å². The molecule has 2 fully saturated rings. The van der Waals surface area contributed by atoms with Crippen molar-refractivity contribution in [2.45, 2.75) is 82.2 Å². The third kappa shape index (κ3) is 8.86. The molecule has 55 heavy (non-hydrogen) atoms. The lowest BCUT2D eigenvalue weighted by atomic mass is 9.94. The van der Waals surface area contributed by atoms with E-state index in [1.807, 2.05) is 25.1 Å². The molecule has 7 rings (SSSR count). The van der Waals surface area contributed by atoms with Crippen LogP contribution in [-0.2, 0) is 26.2 Å². The highest BCUT2D eigenvalue weighted by atomic mass is 19.3. The number of halogens is 2. The molecule has 1 saturated heterocycles. The van der Waals surface area contributed by atoms with Crippen molar-refractivity contribution in [3.63, 3.8) is 0 Å². The molecule has 3 N–H and O–H groups in total. The molecule has 0 spiro atoms. The Hall–Kier alpha value is -5.62. The van der Waals surface area contributed by atoms with Gasteiger partial charge in [-0.1, -0.05) is 61.5 Å². The number of nitrogens with zero attached hydrogens (tertiary/aromatic N) is 1. The number of hydrogen-bond donors (Lipinski definition) is 3. The number of pyridine rings is 1. The van der Waals surface area contributed by atoms with E-state index < -0.39 is 11.7 Å². The number of rotatable bonds is 15. The SMILES string of the molecule is C=CC(=O)NC[C@@H]1CC[C@@H](c2ccc(CCCCCNC(=O)c3cccc(-c4nc(NC(=O)C5(c6ccc7c(c6)OC(F)(F)O7)CC5)ccc4C)c3)cc2)O1. The van der Waals surface area contributed by atoms with Gasteiger partial charge in [-0.2, -0.15) is 0 Å². The maximum atomic E-state index is 13.6. The number of alkyl halides is 2. The van der Waals surface area contributed by atoms with Crippen LogP contribution in [0, 0.1) is 6.92 Å². The molecular weight excluding hydrogens is 706 g/mol. The molecular formula is C43H44F2N4O6. The number of fused-ring (bicyclic) bond motifs is 1. The second-order valence-corrected chi connectivity index (χ2v) is 14.4. The minimum absolute atomic E-state index is 0.0140. The molecule has 3 heterocycles. The number of carbonyl (C=O) groups excluding carboxylic acids is 3. The molecule has 0 bridgehead atoms. The van der Waals surface area contributed by atoms with Crippen molar-refractivity contribution in [3.8, 4) is 22.8 Å². The van der Waals surface area contributed by atoms with Crippen molar-refractivity contribution in [2.24, 2.45) is 0 Å². The van der Waals surface area contributed by atoms with Crippen molar-refractivity contribution in [2.75, 3.05) is 18.4 Å². The highest BCUT2D eigenvalue weighted by Crippen LogP contribution is 2.52. The Morgan fingerprint density at radius 2 is 1.71 bits per heavy atom. The van der Waals surface area contributed by atoms with E-state index in [0.29, 0.717) is 48.6 Å². The number of hydrogen-bond acceptors (Lipinski definition) is 7. The number of aryl methyl sites for hydroxylation is 2. The standard InChI is InChI=1S/C43H44F2N4O6/c1-3-38(50)47-26-33-17-19-34(53-33)29-14-12-28(13-15-29)8-5-4-6-23-46-40(51)31-10-7-9-30(24-31)39-27(2)11-20-37(48-39)49-41(52)42(21-22-42)32-16-18-35-36(25-32)55-43(44,45)54-35/h3,7,9-16,18,20,24-25,33-34H,1,4-6,8,17,19,21-23,26H2,2H3,(H,46,51)(H,47,50)(H,48,49,52)/t33-,34-/m0/s1. The number of nitrogens with one attached hydrogen (secondary N) is 3. The van der Waals surface area contributed by atoms with Crippen LogP contribution in [0.15, 0.2) is 91.5 Å². The van der Waals surface area contributed by atoms with Crippen LogP contribution in [0.1, 0.15) is 83.7 Å². The number of carbonyl (C=O) groups is 3. The molecule has 2 atom stereocenters. The third-order valence-electron chi connectivity index (χ3n) is 10.5. The average molecular weight is 751 g/mol. The maximum absolute atomic E-state index is 13.6. The lowest BCUT2D eigenvalue weighted by Crippen LogP contribution is -2.30. The third-order valence-corrected chi connectivity index (χ3v) is 10.5. The monoisotopic (exact) mass is 750 g/mol. The number of aromatic nitrogens is 1. The second-order valence-electron chi connectivity index (χ2n) is 14.4. The largest absolute Gasteiger partial charge is 0.586 e. The van der Waals surface area contributed by atoms with Gasteiger partial charge in [0.2, 0.25) is 11.8 Å². The molecule has 1 aromatic heterocycles. The van der Waals surface area contributed by atoms with Gasteiger partial charge in [0, 0.05) is 24.2 Å². The molecule has 286 valence electrons. The van der Waals surface area contributed by atoms with E-state index in [2.05, 4.69) is 56.3 Å². The summed E-state index contributed by atoms with van der Waals surface area (Å²) in [5.74, 6) is -0.466. The van der Waals surface area contributed by atoms with E-state index in [1.54, 1.807) is 24.3 Å². The fourth-order valence-corrected chi connectivity index (χ4v) is 7.17. The summed E-state index contributed by atoms with van der Waals surface area (Å²) >= 11 is 0. The van der Waals surface area contributed by atoms with E-state index in [4.69, 9.17) is 9.72 Å². The van der Waals surface area contributed by atoms with Crippen molar-refractivity contribution in [1.82, 2.24) is 15.6 Å². The van der Waals surface area contributed by atoms with Crippen LogP contribution in [0.25, 0.3) is 11.3 Å². The van der Waals surface area contributed by atoms with E-state index in [-0.39, 0.29) is 41.4 Å². The van der Waals surface area contributed by atoms with E-state index in [1.165, 1.54) is 23.8 Å². The van der Waals surface area contributed by atoms with Gasteiger partial charge in [-0.15, -0.1) is 8.78 Å². The normalized spacial score (nSPS) is 18.7. The molecule has 2 aliphatic heterocycles. The smallest absolute Gasteiger partial charge is 0.395 e. The highest BCUT2D eigenvalue weighted by molar-refractivity contribution is 6.01. The molecule has 4 aromatic rings. The molecule has 1 aliphatic carbocycles. The molecule has 12 heteroatoms. The first kappa shape index (κ1) is 37.7. The zero-order chi connectivity index (χ0) is 38.6. The number of unbranched alkanes of at least 4 members (excludes halogenated alkanes) is 2. The first-order valence-corrected chi connectivity index (χ1v) is 18.7. The number of anilines is 1. The maximum Gasteiger partial charge on any atom is 0.586 e. The van der Waals surface area contributed by atoms with Gasteiger partial charge in [0.25, 0.3) is 5.91 Å². The van der Waals surface area contributed by atoms with Crippen LogP contribution >= 0.6 is 0 Å². The van der Waals surface area contributed by atoms with Crippen LogP contribution in [0.4, 0.5) is 14.6 Å². The van der Waals surface area contributed by atoms with Crippen molar-refractivity contribution in [1.29, 1.82) is 0 Å². The molecule has 0 unspecified atom stereocenters. The summed E-state index contributed by atoms with van der Waals surface area (Å²) in [6.45, 7) is 6.44. The average Bonchev–Trinajstić information content (AvgIpc) is 3.76. The Balaban J connectivity index is 0.866. The Kier molecular flexibility index (Phi) is 11.0. The lowest BCUT2D eigenvalue weighted by molar-refractivity contribution is -0.286. The zero-order valence-corrected chi connectivity index (χ0v) is 30.7.